The number of halogens is 1. The molecule has 2 aromatic heterocycles. The maximum atomic E-state index is 13.0. The first-order valence-corrected chi connectivity index (χ1v) is 11.8. The maximum Gasteiger partial charge on any atom is 0.294 e. The minimum atomic E-state index is -0.523. The number of carbonyl (C=O) groups excluding carboxylic acids is 2. The van der Waals surface area contributed by atoms with E-state index in [4.69, 9.17) is 20.8 Å². The van der Waals surface area contributed by atoms with Crippen molar-refractivity contribution < 1.29 is 18.7 Å². The molecule has 0 saturated carbocycles. The van der Waals surface area contributed by atoms with Gasteiger partial charge in [-0.25, -0.2) is 4.98 Å². The van der Waals surface area contributed by atoms with Crippen LogP contribution in [0.2, 0.25) is 5.02 Å². The number of pyridine rings is 1. The first kappa shape index (κ1) is 24.0. The van der Waals surface area contributed by atoms with E-state index in [1.807, 2.05) is 0 Å². The molecular weight excluding hydrogens is 456 g/mol. The Morgan fingerprint density at radius 3 is 2.62 bits per heavy atom. The number of ether oxygens (including phenoxy) is 1. The van der Waals surface area contributed by atoms with E-state index >= 15 is 0 Å². The second kappa shape index (κ2) is 10.4. The summed E-state index contributed by atoms with van der Waals surface area (Å²) in [6.07, 6.45) is 3.79. The van der Waals surface area contributed by atoms with Crippen LogP contribution in [0.3, 0.4) is 0 Å². The smallest absolute Gasteiger partial charge is 0.294 e. The topological polar surface area (TPSA) is 96.7 Å². The van der Waals surface area contributed by atoms with Crippen LogP contribution in [0.4, 0.5) is 11.5 Å². The molecule has 0 aliphatic carbocycles. The van der Waals surface area contributed by atoms with Crippen molar-refractivity contribution in [3.05, 3.63) is 47.3 Å². The van der Waals surface area contributed by atoms with Gasteiger partial charge in [-0.3, -0.25) is 9.59 Å². The van der Waals surface area contributed by atoms with E-state index in [1.54, 1.807) is 37.4 Å². The molecule has 1 aliphatic rings. The third-order valence-corrected chi connectivity index (χ3v) is 6.41. The fourth-order valence-electron chi connectivity index (χ4n) is 4.24. The van der Waals surface area contributed by atoms with Gasteiger partial charge in [0.2, 0.25) is 11.7 Å². The minimum Gasteiger partial charge on any atom is -0.497 e. The van der Waals surface area contributed by atoms with E-state index in [9.17, 15) is 9.59 Å². The summed E-state index contributed by atoms with van der Waals surface area (Å²) < 4.78 is 11.1. The number of amides is 2. The lowest BCUT2D eigenvalue weighted by Crippen LogP contribution is -2.39. The fourth-order valence-corrected chi connectivity index (χ4v) is 4.35. The molecule has 2 N–H and O–H groups in total. The third kappa shape index (κ3) is 5.51. The standard InChI is InChI=1S/C25H29ClN4O4/c1-15(2)30-10-8-16(9-11-30)12-22(31)29-23-19-6-5-18(33-3)13-20(19)34-24(23)25(32)28-21-7-4-17(26)14-27-21/h4-7,13-16H,8-12H2,1-3H3,(H,29,31)(H,27,28,32). The highest BCUT2D eigenvalue weighted by Gasteiger charge is 2.26. The number of hydrogen-bond donors (Lipinski definition) is 2. The molecule has 1 fully saturated rings. The molecule has 1 aliphatic heterocycles. The Labute approximate surface area is 203 Å². The molecule has 180 valence electrons. The van der Waals surface area contributed by atoms with Gasteiger partial charge in [-0.2, -0.15) is 0 Å². The van der Waals surface area contributed by atoms with Crippen LogP contribution >= 0.6 is 11.6 Å². The van der Waals surface area contributed by atoms with Gasteiger partial charge in [0.25, 0.3) is 5.91 Å². The van der Waals surface area contributed by atoms with E-state index in [1.165, 1.54) is 6.20 Å². The second-order valence-corrected chi connectivity index (χ2v) is 9.25. The molecule has 34 heavy (non-hydrogen) atoms. The summed E-state index contributed by atoms with van der Waals surface area (Å²) in [6.45, 7) is 6.37. The number of nitrogens with zero attached hydrogens (tertiary/aromatic N) is 2. The number of hydrogen-bond acceptors (Lipinski definition) is 6. The van der Waals surface area contributed by atoms with Crippen LogP contribution in [-0.4, -0.2) is 47.9 Å². The van der Waals surface area contributed by atoms with Gasteiger partial charge in [0.15, 0.2) is 0 Å². The number of aromatic nitrogens is 1. The highest BCUT2D eigenvalue weighted by Crippen LogP contribution is 2.34. The molecule has 1 aromatic carbocycles. The van der Waals surface area contributed by atoms with Gasteiger partial charge in [-0.15, -0.1) is 0 Å². The lowest BCUT2D eigenvalue weighted by molar-refractivity contribution is -0.117. The zero-order valence-electron chi connectivity index (χ0n) is 19.6. The number of nitrogens with one attached hydrogen (secondary N) is 2. The number of carbonyl (C=O) groups is 2. The zero-order valence-corrected chi connectivity index (χ0v) is 20.3. The number of anilines is 2. The van der Waals surface area contributed by atoms with Gasteiger partial charge in [-0.1, -0.05) is 11.6 Å². The van der Waals surface area contributed by atoms with Crippen molar-refractivity contribution in [1.82, 2.24) is 9.88 Å². The summed E-state index contributed by atoms with van der Waals surface area (Å²) in [5.74, 6) is 0.557. The van der Waals surface area contributed by atoms with Gasteiger partial charge < -0.3 is 24.7 Å². The Bertz CT molecular complexity index is 1170. The minimum absolute atomic E-state index is 0.00276. The Morgan fingerprint density at radius 2 is 1.97 bits per heavy atom. The lowest BCUT2D eigenvalue weighted by atomic mass is 9.92. The van der Waals surface area contributed by atoms with Gasteiger partial charge in [0.05, 0.1) is 12.1 Å². The molecule has 8 nitrogen and oxygen atoms in total. The van der Waals surface area contributed by atoms with Crippen LogP contribution in [0.5, 0.6) is 5.75 Å². The van der Waals surface area contributed by atoms with Crippen molar-refractivity contribution in [2.24, 2.45) is 5.92 Å². The number of methoxy groups -OCH3 is 1. The Balaban J connectivity index is 1.54. The summed E-state index contributed by atoms with van der Waals surface area (Å²) in [4.78, 5) is 32.6. The summed E-state index contributed by atoms with van der Waals surface area (Å²) >= 11 is 5.88. The van der Waals surface area contributed by atoms with Crippen molar-refractivity contribution >= 4 is 45.9 Å². The molecule has 0 spiro atoms. The number of piperidine rings is 1. The molecule has 2 amide bonds. The highest BCUT2D eigenvalue weighted by molar-refractivity contribution is 6.30. The first-order valence-electron chi connectivity index (χ1n) is 11.4. The molecule has 0 radical (unpaired) electrons. The monoisotopic (exact) mass is 484 g/mol. The lowest BCUT2D eigenvalue weighted by Gasteiger charge is -2.34. The van der Waals surface area contributed by atoms with Crippen LogP contribution in [-0.2, 0) is 4.79 Å². The Kier molecular flexibility index (Phi) is 7.38. The highest BCUT2D eigenvalue weighted by atomic mass is 35.5. The van der Waals surface area contributed by atoms with Crippen molar-refractivity contribution in [2.75, 3.05) is 30.8 Å². The summed E-state index contributed by atoms with van der Waals surface area (Å²) in [6, 6.07) is 8.95. The quantitative estimate of drug-likeness (QED) is 0.479. The van der Waals surface area contributed by atoms with Crippen LogP contribution in [0.1, 0.15) is 43.7 Å². The largest absolute Gasteiger partial charge is 0.497 e. The number of fused-ring (bicyclic) bond motifs is 1. The first-order chi connectivity index (χ1) is 16.3. The van der Waals surface area contributed by atoms with E-state index in [-0.39, 0.29) is 11.7 Å². The molecule has 0 atom stereocenters. The maximum absolute atomic E-state index is 13.0. The molecule has 0 bridgehead atoms. The van der Waals surface area contributed by atoms with E-state index < -0.39 is 5.91 Å². The van der Waals surface area contributed by atoms with Crippen molar-refractivity contribution in [1.29, 1.82) is 0 Å². The third-order valence-electron chi connectivity index (χ3n) is 6.19. The van der Waals surface area contributed by atoms with E-state index in [0.29, 0.717) is 51.6 Å². The number of rotatable bonds is 7. The molecule has 0 unspecified atom stereocenters. The Morgan fingerprint density at radius 1 is 1.21 bits per heavy atom. The molecule has 9 heteroatoms. The molecular formula is C25H29ClN4O4. The summed E-state index contributed by atoms with van der Waals surface area (Å²) in [5.41, 5.74) is 0.780. The SMILES string of the molecule is COc1ccc2c(NC(=O)CC3CCN(C(C)C)CC3)c(C(=O)Nc3ccc(Cl)cn3)oc2c1. The predicted octanol–water partition coefficient (Wildman–Crippen LogP) is 5.19. The van der Waals surface area contributed by atoms with E-state index in [0.717, 1.165) is 25.9 Å². The van der Waals surface area contributed by atoms with Crippen LogP contribution in [0, 0.1) is 5.92 Å². The molecule has 4 rings (SSSR count). The number of likely N-dealkylation sites (tertiary alicyclic amines) is 1. The summed E-state index contributed by atoms with van der Waals surface area (Å²) in [5, 5.41) is 6.72. The van der Waals surface area contributed by atoms with Crippen LogP contribution in [0.25, 0.3) is 11.0 Å². The van der Waals surface area contributed by atoms with Crippen molar-refractivity contribution in [3.63, 3.8) is 0 Å². The average Bonchev–Trinajstić information content (AvgIpc) is 3.18. The van der Waals surface area contributed by atoms with Crippen molar-refractivity contribution in [3.8, 4) is 5.75 Å². The number of benzene rings is 1. The van der Waals surface area contributed by atoms with Gasteiger partial charge in [0.1, 0.15) is 22.8 Å². The number of furan rings is 1. The molecule has 3 heterocycles. The zero-order chi connectivity index (χ0) is 24.2. The van der Waals surface area contributed by atoms with Gasteiger partial charge in [-0.05, 0) is 70.0 Å². The fraction of sp³-hybridized carbons (Fsp3) is 0.400. The summed E-state index contributed by atoms with van der Waals surface area (Å²) in [7, 11) is 1.55. The molecule has 3 aromatic rings. The normalized spacial score (nSPS) is 15.0. The van der Waals surface area contributed by atoms with Crippen LogP contribution in [0.15, 0.2) is 40.9 Å². The second-order valence-electron chi connectivity index (χ2n) is 8.81. The Hall–Kier alpha value is -3.10. The average molecular weight is 485 g/mol. The van der Waals surface area contributed by atoms with Crippen LogP contribution < -0.4 is 15.4 Å². The predicted molar refractivity (Wildman–Crippen MR) is 133 cm³/mol. The van der Waals surface area contributed by atoms with Crippen molar-refractivity contribution in [2.45, 2.75) is 39.2 Å². The van der Waals surface area contributed by atoms with Gasteiger partial charge >= 0.3 is 0 Å². The van der Waals surface area contributed by atoms with E-state index in [2.05, 4.69) is 34.4 Å². The molecule has 1 saturated heterocycles. The van der Waals surface area contributed by atoms with Gasteiger partial charge in [0, 0.05) is 30.1 Å².